The van der Waals surface area contributed by atoms with Gasteiger partial charge in [-0.15, -0.1) is 5.10 Å². The SMILES string of the molecule is COc1ccccc1CNc1cnnc(NCc2ccccc2Cl)n1. The van der Waals surface area contributed by atoms with E-state index in [1.807, 2.05) is 48.5 Å². The number of aromatic nitrogens is 3. The first-order valence-corrected chi connectivity index (χ1v) is 8.17. The maximum Gasteiger partial charge on any atom is 0.244 e. The molecule has 0 unspecified atom stereocenters. The molecule has 0 amide bonds. The maximum atomic E-state index is 6.15. The third-order valence-corrected chi connectivity index (χ3v) is 3.97. The molecule has 0 spiro atoms. The van der Waals surface area contributed by atoms with Crippen LogP contribution in [0.1, 0.15) is 11.1 Å². The first kappa shape index (κ1) is 17.0. The molecule has 0 atom stereocenters. The molecule has 0 saturated carbocycles. The first-order chi connectivity index (χ1) is 12.3. The van der Waals surface area contributed by atoms with E-state index in [9.17, 15) is 0 Å². The predicted octanol–water partition coefficient (Wildman–Crippen LogP) is 3.76. The van der Waals surface area contributed by atoms with Gasteiger partial charge in [-0.25, -0.2) is 0 Å². The fourth-order valence-corrected chi connectivity index (χ4v) is 2.52. The summed E-state index contributed by atoms with van der Waals surface area (Å²) in [5.41, 5.74) is 2.01. The number of methoxy groups -OCH3 is 1. The second-order valence-corrected chi connectivity index (χ2v) is 5.68. The summed E-state index contributed by atoms with van der Waals surface area (Å²) >= 11 is 6.15. The average molecular weight is 356 g/mol. The Bertz CT molecular complexity index is 843. The summed E-state index contributed by atoms with van der Waals surface area (Å²) in [5, 5.41) is 15.0. The molecular weight excluding hydrogens is 338 g/mol. The van der Waals surface area contributed by atoms with E-state index in [2.05, 4.69) is 25.8 Å². The minimum Gasteiger partial charge on any atom is -0.496 e. The van der Waals surface area contributed by atoms with E-state index in [-0.39, 0.29) is 0 Å². The molecule has 7 heteroatoms. The Labute approximate surface area is 151 Å². The third kappa shape index (κ3) is 4.58. The molecule has 2 N–H and O–H groups in total. The van der Waals surface area contributed by atoms with Crippen LogP contribution in [0.25, 0.3) is 0 Å². The van der Waals surface area contributed by atoms with Crippen LogP contribution in [0.15, 0.2) is 54.7 Å². The van der Waals surface area contributed by atoms with E-state index in [4.69, 9.17) is 16.3 Å². The zero-order valence-electron chi connectivity index (χ0n) is 13.7. The van der Waals surface area contributed by atoms with E-state index >= 15 is 0 Å². The van der Waals surface area contributed by atoms with Gasteiger partial charge in [-0.05, 0) is 17.7 Å². The number of hydrogen-bond acceptors (Lipinski definition) is 6. The van der Waals surface area contributed by atoms with Gasteiger partial charge in [0.05, 0.1) is 13.3 Å². The van der Waals surface area contributed by atoms with Gasteiger partial charge in [0.2, 0.25) is 5.95 Å². The number of rotatable bonds is 7. The molecule has 3 rings (SSSR count). The highest BCUT2D eigenvalue weighted by molar-refractivity contribution is 6.31. The van der Waals surface area contributed by atoms with E-state index in [1.165, 1.54) is 0 Å². The van der Waals surface area contributed by atoms with E-state index < -0.39 is 0 Å². The Morgan fingerprint density at radius 2 is 1.68 bits per heavy atom. The molecule has 0 bridgehead atoms. The van der Waals surface area contributed by atoms with Crippen LogP contribution in [0.2, 0.25) is 5.02 Å². The number of para-hydroxylation sites is 1. The van der Waals surface area contributed by atoms with Gasteiger partial charge in [0.15, 0.2) is 5.82 Å². The molecule has 6 nitrogen and oxygen atoms in total. The molecule has 25 heavy (non-hydrogen) atoms. The fourth-order valence-electron chi connectivity index (χ4n) is 2.31. The van der Waals surface area contributed by atoms with Gasteiger partial charge in [0.1, 0.15) is 5.75 Å². The highest BCUT2D eigenvalue weighted by atomic mass is 35.5. The van der Waals surface area contributed by atoms with Gasteiger partial charge in [-0.1, -0.05) is 48.0 Å². The molecule has 1 aromatic heterocycles. The van der Waals surface area contributed by atoms with Crippen molar-refractivity contribution in [2.45, 2.75) is 13.1 Å². The Hall–Kier alpha value is -2.86. The minimum absolute atomic E-state index is 0.435. The smallest absolute Gasteiger partial charge is 0.244 e. The Balaban J connectivity index is 1.62. The van der Waals surface area contributed by atoms with Crippen molar-refractivity contribution in [2.75, 3.05) is 17.7 Å². The van der Waals surface area contributed by atoms with Gasteiger partial charge < -0.3 is 15.4 Å². The minimum atomic E-state index is 0.435. The van der Waals surface area contributed by atoms with E-state index in [0.29, 0.717) is 29.9 Å². The summed E-state index contributed by atoms with van der Waals surface area (Å²) in [6.45, 7) is 1.10. The van der Waals surface area contributed by atoms with Crippen molar-refractivity contribution in [3.63, 3.8) is 0 Å². The van der Waals surface area contributed by atoms with E-state index in [0.717, 1.165) is 16.9 Å². The monoisotopic (exact) mass is 355 g/mol. The summed E-state index contributed by atoms with van der Waals surface area (Å²) in [7, 11) is 1.65. The molecule has 0 fully saturated rings. The predicted molar refractivity (Wildman–Crippen MR) is 98.9 cm³/mol. The molecule has 0 aliphatic heterocycles. The highest BCUT2D eigenvalue weighted by Crippen LogP contribution is 2.19. The van der Waals surface area contributed by atoms with Crippen LogP contribution in [-0.4, -0.2) is 22.3 Å². The second kappa shape index (κ2) is 8.30. The van der Waals surface area contributed by atoms with Crippen molar-refractivity contribution in [2.24, 2.45) is 0 Å². The van der Waals surface area contributed by atoms with Crippen molar-refractivity contribution in [3.05, 3.63) is 70.9 Å². The Kier molecular flexibility index (Phi) is 5.64. The summed E-state index contributed by atoms with van der Waals surface area (Å²) in [5.74, 6) is 1.89. The number of ether oxygens (including phenoxy) is 1. The normalized spacial score (nSPS) is 10.3. The molecule has 0 aliphatic rings. The van der Waals surface area contributed by atoms with Crippen LogP contribution in [0.3, 0.4) is 0 Å². The highest BCUT2D eigenvalue weighted by Gasteiger charge is 2.05. The Morgan fingerprint density at radius 1 is 0.960 bits per heavy atom. The topological polar surface area (TPSA) is 72.0 Å². The molecule has 2 aromatic carbocycles. The molecular formula is C18H18ClN5O. The van der Waals surface area contributed by atoms with Crippen LogP contribution < -0.4 is 15.4 Å². The molecule has 3 aromatic rings. The van der Waals surface area contributed by atoms with Gasteiger partial charge in [0, 0.05) is 23.7 Å². The molecule has 1 heterocycles. The Morgan fingerprint density at radius 3 is 2.48 bits per heavy atom. The summed E-state index contributed by atoms with van der Waals surface area (Å²) in [4.78, 5) is 4.41. The molecule has 0 aliphatic carbocycles. The second-order valence-electron chi connectivity index (χ2n) is 5.28. The quantitative estimate of drug-likeness (QED) is 0.672. The molecule has 0 radical (unpaired) electrons. The summed E-state index contributed by atoms with van der Waals surface area (Å²) in [6, 6.07) is 15.5. The first-order valence-electron chi connectivity index (χ1n) is 7.79. The van der Waals surface area contributed by atoms with Crippen LogP contribution in [-0.2, 0) is 13.1 Å². The number of halogens is 1. The van der Waals surface area contributed by atoms with Crippen molar-refractivity contribution in [1.82, 2.24) is 15.2 Å². The van der Waals surface area contributed by atoms with Crippen LogP contribution in [0.5, 0.6) is 5.75 Å². The van der Waals surface area contributed by atoms with Crippen molar-refractivity contribution in [3.8, 4) is 5.75 Å². The molecule has 0 saturated heterocycles. The zero-order valence-corrected chi connectivity index (χ0v) is 14.5. The van der Waals surface area contributed by atoms with Gasteiger partial charge in [0.25, 0.3) is 0 Å². The van der Waals surface area contributed by atoms with Crippen LogP contribution >= 0.6 is 11.6 Å². The van der Waals surface area contributed by atoms with Crippen LogP contribution in [0.4, 0.5) is 11.8 Å². The lowest BCUT2D eigenvalue weighted by atomic mass is 10.2. The number of hydrogen-bond donors (Lipinski definition) is 2. The third-order valence-electron chi connectivity index (χ3n) is 3.61. The summed E-state index contributed by atoms with van der Waals surface area (Å²) in [6.07, 6.45) is 1.58. The van der Waals surface area contributed by atoms with Crippen molar-refractivity contribution in [1.29, 1.82) is 0 Å². The number of nitrogens with zero attached hydrogens (tertiary/aromatic N) is 3. The number of anilines is 2. The largest absolute Gasteiger partial charge is 0.496 e. The van der Waals surface area contributed by atoms with Gasteiger partial charge in [-0.3, -0.25) is 0 Å². The fraction of sp³-hybridized carbons (Fsp3) is 0.167. The van der Waals surface area contributed by atoms with Crippen LogP contribution in [0, 0.1) is 0 Å². The summed E-state index contributed by atoms with van der Waals surface area (Å²) < 4.78 is 5.34. The zero-order chi connectivity index (χ0) is 17.5. The molecule has 128 valence electrons. The lowest BCUT2D eigenvalue weighted by molar-refractivity contribution is 0.410. The lowest BCUT2D eigenvalue weighted by Gasteiger charge is -2.10. The lowest BCUT2D eigenvalue weighted by Crippen LogP contribution is -2.08. The van der Waals surface area contributed by atoms with Gasteiger partial charge in [-0.2, -0.15) is 10.1 Å². The standard InChI is InChI=1S/C18H18ClN5O/c1-25-16-9-5-3-7-14(16)11-20-17-12-22-24-18(23-17)21-10-13-6-2-4-8-15(13)19/h2-9,12H,10-11H2,1H3,(H2,20,21,23,24). The average Bonchev–Trinajstić information content (AvgIpc) is 2.66. The number of benzene rings is 2. The van der Waals surface area contributed by atoms with Gasteiger partial charge >= 0.3 is 0 Å². The van der Waals surface area contributed by atoms with Crippen molar-refractivity contribution < 1.29 is 4.74 Å². The van der Waals surface area contributed by atoms with Crippen molar-refractivity contribution >= 4 is 23.4 Å². The maximum absolute atomic E-state index is 6.15. The number of nitrogens with one attached hydrogen (secondary N) is 2. The van der Waals surface area contributed by atoms with E-state index in [1.54, 1.807) is 13.3 Å².